The second-order valence-electron chi connectivity index (χ2n) is 4.76. The smallest absolute Gasteiger partial charge is 0.165 e. The summed E-state index contributed by atoms with van der Waals surface area (Å²) in [6.07, 6.45) is 0. The van der Waals surface area contributed by atoms with E-state index < -0.39 is 0 Å². The first-order chi connectivity index (χ1) is 10.2. The minimum absolute atomic E-state index is 0.243. The predicted molar refractivity (Wildman–Crippen MR) is 84.2 cm³/mol. The van der Waals surface area contributed by atoms with Crippen LogP contribution in [0, 0.1) is 12.7 Å². The van der Waals surface area contributed by atoms with Crippen LogP contribution in [0.15, 0.2) is 47.8 Å². The number of rotatable bonds is 3. The number of methoxy groups -OCH3 is 1. The number of halogens is 1. The molecule has 0 aliphatic carbocycles. The molecule has 0 unspecified atom stereocenters. The van der Waals surface area contributed by atoms with Crippen molar-refractivity contribution in [3.63, 3.8) is 0 Å². The Kier molecular flexibility index (Phi) is 3.71. The summed E-state index contributed by atoms with van der Waals surface area (Å²) in [5.74, 6) is -0.131. The van der Waals surface area contributed by atoms with Crippen LogP contribution in [0.2, 0.25) is 0 Å². The van der Waals surface area contributed by atoms with Crippen LogP contribution in [0.1, 0.15) is 5.56 Å². The van der Waals surface area contributed by atoms with Gasteiger partial charge < -0.3 is 4.74 Å². The molecule has 0 fully saturated rings. The fraction of sp³-hybridized carbons (Fsp3) is 0.118. The molecule has 106 valence electrons. The minimum Gasteiger partial charge on any atom is -0.494 e. The van der Waals surface area contributed by atoms with Gasteiger partial charge in [-0.2, -0.15) is 0 Å². The summed E-state index contributed by atoms with van der Waals surface area (Å²) in [5.41, 5.74) is 3.81. The highest BCUT2D eigenvalue weighted by Gasteiger charge is 2.09. The molecular formula is C17H14FNOS. The van der Waals surface area contributed by atoms with Crippen molar-refractivity contribution in [1.29, 1.82) is 0 Å². The van der Waals surface area contributed by atoms with Crippen molar-refractivity contribution in [3.05, 3.63) is 59.2 Å². The fourth-order valence-electron chi connectivity index (χ4n) is 2.14. The first-order valence-corrected chi connectivity index (χ1v) is 7.42. The van der Waals surface area contributed by atoms with Crippen LogP contribution in [0.5, 0.6) is 5.75 Å². The van der Waals surface area contributed by atoms with Gasteiger partial charge in [-0.1, -0.05) is 23.8 Å². The number of aryl methyl sites for hydroxylation is 1. The summed E-state index contributed by atoms with van der Waals surface area (Å²) in [7, 11) is 1.46. The van der Waals surface area contributed by atoms with E-state index in [0.717, 1.165) is 21.8 Å². The number of thiazole rings is 1. The number of aromatic nitrogens is 1. The topological polar surface area (TPSA) is 22.1 Å². The molecule has 0 aliphatic heterocycles. The van der Waals surface area contributed by atoms with Crippen LogP contribution >= 0.6 is 11.3 Å². The molecule has 2 aromatic carbocycles. The normalized spacial score (nSPS) is 10.6. The lowest BCUT2D eigenvalue weighted by atomic mass is 10.1. The molecule has 0 spiro atoms. The maximum Gasteiger partial charge on any atom is 0.165 e. The molecule has 3 aromatic rings. The molecule has 3 rings (SSSR count). The zero-order valence-corrected chi connectivity index (χ0v) is 12.6. The minimum atomic E-state index is -0.375. The van der Waals surface area contributed by atoms with E-state index in [1.54, 1.807) is 17.4 Å². The third-order valence-corrected chi connectivity index (χ3v) is 4.11. The molecule has 21 heavy (non-hydrogen) atoms. The van der Waals surface area contributed by atoms with E-state index in [1.807, 2.05) is 23.6 Å². The Bertz CT molecular complexity index is 782. The van der Waals surface area contributed by atoms with Crippen LogP contribution in [0.25, 0.3) is 21.8 Å². The third kappa shape index (κ3) is 2.81. The third-order valence-electron chi connectivity index (χ3n) is 3.22. The molecule has 0 N–H and O–H groups in total. The summed E-state index contributed by atoms with van der Waals surface area (Å²) in [4.78, 5) is 4.60. The lowest BCUT2D eigenvalue weighted by molar-refractivity contribution is 0.386. The van der Waals surface area contributed by atoms with Gasteiger partial charge >= 0.3 is 0 Å². The number of hydrogen-bond donors (Lipinski definition) is 0. The number of hydrogen-bond acceptors (Lipinski definition) is 3. The van der Waals surface area contributed by atoms with Crippen LogP contribution in [0.3, 0.4) is 0 Å². The summed E-state index contributed by atoms with van der Waals surface area (Å²) in [6.45, 7) is 2.05. The highest BCUT2D eigenvalue weighted by atomic mass is 32.1. The number of nitrogens with zero attached hydrogens (tertiary/aromatic N) is 1. The van der Waals surface area contributed by atoms with E-state index >= 15 is 0 Å². The first kappa shape index (κ1) is 13.8. The Balaban J connectivity index is 1.96. The predicted octanol–water partition coefficient (Wildman–Crippen LogP) is 4.93. The number of ether oxygens (including phenoxy) is 1. The van der Waals surface area contributed by atoms with Crippen molar-refractivity contribution in [3.8, 4) is 27.6 Å². The van der Waals surface area contributed by atoms with Crippen LogP contribution < -0.4 is 4.74 Å². The zero-order valence-electron chi connectivity index (χ0n) is 11.8. The Morgan fingerprint density at radius 1 is 1.10 bits per heavy atom. The molecule has 0 aliphatic rings. The second-order valence-corrected chi connectivity index (χ2v) is 5.61. The van der Waals surface area contributed by atoms with Crippen molar-refractivity contribution in [2.24, 2.45) is 0 Å². The van der Waals surface area contributed by atoms with Crippen molar-refractivity contribution >= 4 is 11.3 Å². The van der Waals surface area contributed by atoms with Gasteiger partial charge in [-0.25, -0.2) is 9.37 Å². The maximum absolute atomic E-state index is 13.8. The Labute approximate surface area is 126 Å². The summed E-state index contributed by atoms with van der Waals surface area (Å²) in [5, 5.41) is 2.88. The first-order valence-electron chi connectivity index (χ1n) is 6.54. The lowest BCUT2D eigenvalue weighted by Crippen LogP contribution is -1.88. The van der Waals surface area contributed by atoms with E-state index in [1.165, 1.54) is 18.7 Å². The quantitative estimate of drug-likeness (QED) is 0.684. The highest BCUT2D eigenvalue weighted by Crippen LogP contribution is 2.31. The van der Waals surface area contributed by atoms with Gasteiger partial charge in [-0.3, -0.25) is 0 Å². The van der Waals surface area contributed by atoms with E-state index in [-0.39, 0.29) is 11.6 Å². The van der Waals surface area contributed by atoms with Crippen LogP contribution in [0.4, 0.5) is 4.39 Å². The molecule has 0 radical (unpaired) electrons. The summed E-state index contributed by atoms with van der Waals surface area (Å²) in [6, 6.07) is 13.1. The summed E-state index contributed by atoms with van der Waals surface area (Å²) < 4.78 is 18.7. The average molecular weight is 299 g/mol. The zero-order chi connectivity index (χ0) is 14.8. The van der Waals surface area contributed by atoms with E-state index in [9.17, 15) is 4.39 Å². The number of benzene rings is 2. The highest BCUT2D eigenvalue weighted by molar-refractivity contribution is 7.13. The van der Waals surface area contributed by atoms with Crippen molar-refractivity contribution in [1.82, 2.24) is 4.98 Å². The molecule has 4 heteroatoms. The molecular weight excluding hydrogens is 285 g/mol. The molecule has 0 saturated carbocycles. The fourth-order valence-corrected chi connectivity index (χ4v) is 2.97. The van der Waals surface area contributed by atoms with Gasteiger partial charge in [0.15, 0.2) is 11.6 Å². The summed E-state index contributed by atoms with van der Waals surface area (Å²) >= 11 is 1.56. The molecule has 0 bridgehead atoms. The van der Waals surface area contributed by atoms with Crippen LogP contribution in [-0.4, -0.2) is 12.1 Å². The molecule has 1 aromatic heterocycles. The SMILES string of the molecule is COc1ccc(-c2csc(-c3cccc(C)c3)n2)cc1F. The molecule has 2 nitrogen and oxygen atoms in total. The van der Waals surface area contributed by atoms with Crippen molar-refractivity contribution < 1.29 is 9.13 Å². The maximum atomic E-state index is 13.8. The van der Waals surface area contributed by atoms with Gasteiger partial charge in [-0.15, -0.1) is 11.3 Å². The molecule has 1 heterocycles. The monoisotopic (exact) mass is 299 g/mol. The van der Waals surface area contributed by atoms with Gasteiger partial charge in [0.05, 0.1) is 12.8 Å². The van der Waals surface area contributed by atoms with Gasteiger partial charge in [0, 0.05) is 16.5 Å². The second kappa shape index (κ2) is 5.66. The van der Waals surface area contributed by atoms with Crippen molar-refractivity contribution in [2.45, 2.75) is 6.92 Å². The van der Waals surface area contributed by atoms with Crippen molar-refractivity contribution in [2.75, 3.05) is 7.11 Å². The molecule has 0 amide bonds. The van der Waals surface area contributed by atoms with E-state index in [2.05, 4.69) is 24.0 Å². The Morgan fingerprint density at radius 3 is 2.67 bits per heavy atom. The van der Waals surface area contributed by atoms with Gasteiger partial charge in [0.25, 0.3) is 0 Å². The molecule has 0 atom stereocenters. The Morgan fingerprint density at radius 2 is 1.95 bits per heavy atom. The lowest BCUT2D eigenvalue weighted by Gasteiger charge is -2.03. The van der Waals surface area contributed by atoms with Gasteiger partial charge in [-0.05, 0) is 31.2 Å². The largest absolute Gasteiger partial charge is 0.494 e. The van der Waals surface area contributed by atoms with Gasteiger partial charge in [0.1, 0.15) is 5.01 Å². The van der Waals surface area contributed by atoms with E-state index in [0.29, 0.717) is 0 Å². The average Bonchev–Trinajstić information content (AvgIpc) is 2.97. The standard InChI is InChI=1S/C17H14FNOS/c1-11-4-3-5-13(8-11)17-19-15(10-21-17)12-6-7-16(20-2)14(18)9-12/h3-10H,1-2H3. The van der Waals surface area contributed by atoms with E-state index in [4.69, 9.17) is 4.74 Å². The molecule has 0 saturated heterocycles. The Hall–Kier alpha value is -2.20. The van der Waals surface area contributed by atoms with Crippen LogP contribution in [-0.2, 0) is 0 Å². The van der Waals surface area contributed by atoms with Gasteiger partial charge in [0.2, 0.25) is 0 Å².